The molecule has 1 aliphatic rings. The third-order valence-electron chi connectivity index (χ3n) is 3.64. The Balaban J connectivity index is 1.76. The molecular weight excluding hydrogens is 298 g/mol. The quantitative estimate of drug-likeness (QED) is 0.741. The predicted molar refractivity (Wildman–Crippen MR) is 84.6 cm³/mol. The van der Waals surface area contributed by atoms with Gasteiger partial charge in [-0.3, -0.25) is 4.79 Å². The van der Waals surface area contributed by atoms with E-state index < -0.39 is 6.09 Å². The molecule has 2 atom stereocenters. The van der Waals surface area contributed by atoms with Gasteiger partial charge in [0.2, 0.25) is 0 Å². The van der Waals surface area contributed by atoms with Gasteiger partial charge in [0.1, 0.15) is 6.61 Å². The first kappa shape index (κ1) is 17.2. The van der Waals surface area contributed by atoms with Crippen LogP contribution in [0.15, 0.2) is 30.3 Å². The minimum Gasteiger partial charge on any atom is -0.465 e. The first-order valence-corrected chi connectivity index (χ1v) is 7.70. The zero-order valence-corrected chi connectivity index (χ0v) is 13.2. The fourth-order valence-electron chi connectivity index (χ4n) is 2.43. The average Bonchev–Trinajstić information content (AvgIpc) is 2.93. The summed E-state index contributed by atoms with van der Waals surface area (Å²) in [5, 5.41) is 3.03. The topological polar surface area (TPSA) is 93.9 Å². The lowest BCUT2D eigenvalue weighted by molar-refractivity contribution is -0.142. The second-order valence-corrected chi connectivity index (χ2v) is 5.40. The number of esters is 1. The molecule has 0 bridgehead atoms. The van der Waals surface area contributed by atoms with Crippen molar-refractivity contribution >= 4 is 12.1 Å². The largest absolute Gasteiger partial charge is 0.465 e. The Bertz CT molecular complexity index is 523. The van der Waals surface area contributed by atoms with Gasteiger partial charge < -0.3 is 25.4 Å². The van der Waals surface area contributed by atoms with Crippen LogP contribution in [0.5, 0.6) is 0 Å². The van der Waals surface area contributed by atoms with Gasteiger partial charge >= 0.3 is 12.1 Å². The van der Waals surface area contributed by atoms with Gasteiger partial charge in [0.25, 0.3) is 0 Å². The molecule has 0 aliphatic carbocycles. The number of nitrogens with one attached hydrogen (secondary N) is 1. The minimum atomic E-state index is -0.398. The minimum absolute atomic E-state index is 0.0825. The number of carbonyl (C=O) groups is 2. The van der Waals surface area contributed by atoms with Crippen LogP contribution in [0.2, 0.25) is 0 Å². The zero-order chi connectivity index (χ0) is 16.7. The number of hydrogen-bond acceptors (Lipinski definition) is 6. The molecule has 0 spiro atoms. The number of likely N-dealkylation sites (tertiary alicyclic amines) is 1. The summed E-state index contributed by atoms with van der Waals surface area (Å²) in [4.78, 5) is 25.0. The van der Waals surface area contributed by atoms with Gasteiger partial charge in [-0.2, -0.15) is 0 Å². The summed E-state index contributed by atoms with van der Waals surface area (Å²) >= 11 is 0. The highest BCUT2D eigenvalue weighted by Crippen LogP contribution is 2.11. The van der Waals surface area contributed by atoms with E-state index >= 15 is 0 Å². The molecule has 1 saturated heterocycles. The third-order valence-corrected chi connectivity index (χ3v) is 3.64. The molecule has 7 nitrogen and oxygen atoms in total. The molecule has 3 N–H and O–H groups in total. The number of benzene rings is 1. The predicted octanol–water partition coefficient (Wildman–Crippen LogP) is 0.487. The van der Waals surface area contributed by atoms with Gasteiger partial charge in [-0.15, -0.1) is 0 Å². The van der Waals surface area contributed by atoms with Crippen molar-refractivity contribution in [3.05, 3.63) is 35.9 Å². The summed E-state index contributed by atoms with van der Waals surface area (Å²) in [5.74, 6) is -0.329. The first-order chi connectivity index (χ1) is 11.1. The lowest BCUT2D eigenvalue weighted by Gasteiger charge is -2.16. The van der Waals surface area contributed by atoms with Crippen LogP contribution in [-0.4, -0.2) is 55.3 Å². The lowest BCUT2D eigenvalue weighted by Crippen LogP contribution is -2.46. The van der Waals surface area contributed by atoms with E-state index in [1.165, 1.54) is 0 Å². The Morgan fingerprint density at radius 3 is 2.70 bits per heavy atom. The number of hydrogen-bond donors (Lipinski definition) is 2. The Hall–Kier alpha value is -2.12. The van der Waals surface area contributed by atoms with E-state index in [1.54, 1.807) is 11.8 Å². The number of nitrogens with two attached hydrogens (primary N) is 1. The molecule has 1 fully saturated rings. The monoisotopic (exact) mass is 321 g/mol. The fraction of sp³-hybridized carbons (Fsp3) is 0.500. The number of nitrogens with zero attached hydrogens (tertiary/aromatic N) is 1. The molecule has 0 saturated carbocycles. The van der Waals surface area contributed by atoms with Crippen molar-refractivity contribution < 1.29 is 19.1 Å². The van der Waals surface area contributed by atoms with E-state index in [1.807, 2.05) is 30.3 Å². The van der Waals surface area contributed by atoms with E-state index in [0.717, 1.165) is 5.56 Å². The van der Waals surface area contributed by atoms with E-state index in [0.29, 0.717) is 19.7 Å². The Morgan fingerprint density at radius 2 is 2.00 bits per heavy atom. The van der Waals surface area contributed by atoms with Gasteiger partial charge in [-0.1, -0.05) is 30.3 Å². The molecule has 23 heavy (non-hydrogen) atoms. The van der Waals surface area contributed by atoms with Crippen molar-refractivity contribution in [2.75, 3.05) is 26.2 Å². The fourth-order valence-corrected chi connectivity index (χ4v) is 2.43. The van der Waals surface area contributed by atoms with Crippen molar-refractivity contribution in [2.45, 2.75) is 25.6 Å². The number of carbonyl (C=O) groups excluding carboxylic acids is 2. The van der Waals surface area contributed by atoms with Crippen molar-refractivity contribution in [1.82, 2.24) is 10.2 Å². The molecule has 1 heterocycles. The van der Waals surface area contributed by atoms with Crippen LogP contribution in [-0.2, 0) is 20.9 Å². The van der Waals surface area contributed by atoms with E-state index in [9.17, 15) is 9.59 Å². The average molecular weight is 321 g/mol. The van der Waals surface area contributed by atoms with Gasteiger partial charge in [0.15, 0.2) is 0 Å². The van der Waals surface area contributed by atoms with Crippen LogP contribution in [0.1, 0.15) is 12.5 Å². The Labute approximate surface area is 135 Å². The summed E-state index contributed by atoms with van der Waals surface area (Å²) in [6.07, 6.45) is -0.398. The van der Waals surface area contributed by atoms with Crippen molar-refractivity contribution in [1.29, 1.82) is 0 Å². The Morgan fingerprint density at radius 1 is 1.26 bits per heavy atom. The maximum Gasteiger partial charge on any atom is 0.410 e. The van der Waals surface area contributed by atoms with Crippen LogP contribution in [0, 0.1) is 0 Å². The van der Waals surface area contributed by atoms with E-state index in [2.05, 4.69) is 5.32 Å². The second-order valence-electron chi connectivity index (χ2n) is 5.40. The van der Waals surface area contributed by atoms with Gasteiger partial charge in [-0.05, 0) is 12.5 Å². The molecule has 0 radical (unpaired) electrons. The summed E-state index contributed by atoms with van der Waals surface area (Å²) in [6.45, 7) is 3.21. The number of ether oxygens (including phenoxy) is 2. The van der Waals surface area contributed by atoms with E-state index in [-0.39, 0.29) is 31.2 Å². The number of rotatable bonds is 6. The highest BCUT2D eigenvalue weighted by atomic mass is 16.6. The van der Waals surface area contributed by atoms with Crippen LogP contribution in [0.3, 0.4) is 0 Å². The molecule has 1 aromatic carbocycles. The van der Waals surface area contributed by atoms with Crippen LogP contribution in [0.4, 0.5) is 4.79 Å². The maximum absolute atomic E-state index is 12.1. The smallest absolute Gasteiger partial charge is 0.410 e. The summed E-state index contributed by atoms with van der Waals surface area (Å²) in [5.41, 5.74) is 6.94. The Kier molecular flexibility index (Phi) is 6.37. The van der Waals surface area contributed by atoms with Crippen molar-refractivity contribution in [3.63, 3.8) is 0 Å². The molecule has 1 aliphatic heterocycles. The van der Waals surface area contributed by atoms with Gasteiger partial charge in [0.05, 0.1) is 13.2 Å². The summed E-state index contributed by atoms with van der Waals surface area (Å²) in [7, 11) is 0. The summed E-state index contributed by atoms with van der Waals surface area (Å²) in [6, 6.07) is 9.09. The summed E-state index contributed by atoms with van der Waals surface area (Å²) < 4.78 is 10.1. The molecule has 0 aromatic heterocycles. The zero-order valence-electron chi connectivity index (χ0n) is 13.2. The normalized spacial score (nSPS) is 20.3. The van der Waals surface area contributed by atoms with Gasteiger partial charge in [0, 0.05) is 25.2 Å². The molecule has 126 valence electrons. The van der Waals surface area contributed by atoms with Crippen LogP contribution >= 0.6 is 0 Å². The molecule has 7 heteroatoms. The van der Waals surface area contributed by atoms with E-state index in [4.69, 9.17) is 15.2 Å². The molecule has 1 amide bonds. The maximum atomic E-state index is 12.1. The second kappa shape index (κ2) is 8.50. The molecular formula is C16H23N3O4. The highest BCUT2D eigenvalue weighted by molar-refractivity contribution is 5.71. The molecule has 2 rings (SSSR count). The van der Waals surface area contributed by atoms with Gasteiger partial charge in [-0.25, -0.2) is 4.79 Å². The van der Waals surface area contributed by atoms with Crippen LogP contribution in [0.25, 0.3) is 0 Å². The standard InChI is InChI=1S/C16H23N3O4/c1-2-22-15(20)8-18-14-10-19(9-13(14)17)16(21)23-11-12-6-4-3-5-7-12/h3-7,13-14,18H,2,8-11,17H2,1H3/t13-,14-/m0/s1. The first-order valence-electron chi connectivity index (χ1n) is 7.70. The number of amides is 1. The SMILES string of the molecule is CCOC(=O)CN[C@H]1CN(C(=O)OCc2ccccc2)C[C@@H]1N. The molecule has 0 unspecified atom stereocenters. The lowest BCUT2D eigenvalue weighted by atomic mass is 10.2. The highest BCUT2D eigenvalue weighted by Gasteiger charge is 2.33. The van der Waals surface area contributed by atoms with Crippen molar-refractivity contribution in [3.8, 4) is 0 Å². The van der Waals surface area contributed by atoms with Crippen molar-refractivity contribution in [2.24, 2.45) is 5.73 Å². The third kappa shape index (κ3) is 5.22. The van der Waals surface area contributed by atoms with Crippen LogP contribution < -0.4 is 11.1 Å². The molecule has 1 aromatic rings.